The Balaban J connectivity index is 1.34. The van der Waals surface area contributed by atoms with E-state index in [9.17, 15) is 4.79 Å². The van der Waals surface area contributed by atoms with E-state index in [2.05, 4.69) is 47.5 Å². The molecule has 0 saturated heterocycles. The number of aromatic nitrogens is 8. The first kappa shape index (κ1) is 17.3. The Bertz CT molecular complexity index is 1100. The summed E-state index contributed by atoms with van der Waals surface area (Å²) in [5.74, 6) is 0.493. The first-order valence-electron chi connectivity index (χ1n) is 9.40. The van der Waals surface area contributed by atoms with E-state index in [1.54, 1.807) is 15.8 Å². The number of carbonyl (C=O) groups excluding carboxylic acids is 1. The van der Waals surface area contributed by atoms with Crippen LogP contribution in [0.5, 0.6) is 0 Å². The molecule has 1 aromatic carbocycles. The molecule has 3 aromatic heterocycles. The van der Waals surface area contributed by atoms with Gasteiger partial charge in [0.25, 0.3) is 11.9 Å². The van der Waals surface area contributed by atoms with Gasteiger partial charge in [-0.1, -0.05) is 30.3 Å². The number of aromatic amines is 2. The molecular formula is C19H19N9O. The number of benzene rings is 1. The van der Waals surface area contributed by atoms with Crippen LogP contribution < -0.4 is 0 Å². The SMILES string of the molecule is O=C(c1nc(-n2cnnc2)n[nH]1)N1Cc2[nH]cnc2C(CCc2ccccc2)C1. The van der Waals surface area contributed by atoms with Gasteiger partial charge in [-0.2, -0.15) is 4.98 Å². The minimum atomic E-state index is -0.193. The third-order valence-electron chi connectivity index (χ3n) is 5.17. The Morgan fingerprint density at radius 1 is 1.17 bits per heavy atom. The quantitative estimate of drug-likeness (QED) is 0.533. The molecule has 0 bridgehead atoms. The average molecular weight is 389 g/mol. The minimum absolute atomic E-state index is 0.161. The average Bonchev–Trinajstić information content (AvgIpc) is 3.52. The molecule has 1 aliphatic heterocycles. The first-order chi connectivity index (χ1) is 14.3. The van der Waals surface area contributed by atoms with Crippen molar-refractivity contribution in [3.05, 3.63) is 72.1 Å². The maximum absolute atomic E-state index is 13.1. The van der Waals surface area contributed by atoms with Crippen LogP contribution >= 0.6 is 0 Å². The Hall–Kier alpha value is -3.82. The zero-order chi connectivity index (χ0) is 19.6. The summed E-state index contributed by atoms with van der Waals surface area (Å²) in [4.78, 5) is 26.8. The number of H-pyrrole nitrogens is 2. The number of fused-ring (bicyclic) bond motifs is 1. The standard InChI is InChI=1S/C19H19N9O/c29-18(17-24-19(26-25-17)28-11-22-23-12-28)27-8-14(16-15(9-27)20-10-21-16)7-6-13-4-2-1-3-5-13/h1-5,10-12,14H,6-9H2,(H,20,21)(H,24,25,26). The Morgan fingerprint density at radius 2 is 2.00 bits per heavy atom. The molecule has 1 atom stereocenters. The summed E-state index contributed by atoms with van der Waals surface area (Å²) in [6.07, 6.45) is 6.50. The number of hydrogen-bond acceptors (Lipinski definition) is 6. The molecule has 4 heterocycles. The van der Waals surface area contributed by atoms with E-state index in [1.807, 2.05) is 18.2 Å². The van der Waals surface area contributed by atoms with Crippen LogP contribution in [-0.2, 0) is 13.0 Å². The van der Waals surface area contributed by atoms with Gasteiger partial charge in [-0.3, -0.25) is 14.5 Å². The molecule has 0 fully saturated rings. The van der Waals surface area contributed by atoms with Crippen molar-refractivity contribution in [2.45, 2.75) is 25.3 Å². The molecule has 29 heavy (non-hydrogen) atoms. The van der Waals surface area contributed by atoms with Gasteiger partial charge in [0.05, 0.1) is 24.3 Å². The molecular weight excluding hydrogens is 370 g/mol. The fraction of sp³-hybridized carbons (Fsp3) is 0.263. The number of carbonyl (C=O) groups is 1. The van der Waals surface area contributed by atoms with Gasteiger partial charge in [-0.15, -0.1) is 15.3 Å². The zero-order valence-corrected chi connectivity index (χ0v) is 15.6. The van der Waals surface area contributed by atoms with Crippen LogP contribution in [0.2, 0.25) is 0 Å². The zero-order valence-electron chi connectivity index (χ0n) is 15.6. The summed E-state index contributed by atoms with van der Waals surface area (Å²) in [5.41, 5.74) is 3.30. The summed E-state index contributed by atoms with van der Waals surface area (Å²) in [6.45, 7) is 1.06. The highest BCUT2D eigenvalue weighted by molar-refractivity contribution is 5.90. The molecule has 5 rings (SSSR count). The van der Waals surface area contributed by atoms with Gasteiger partial charge in [-0.05, 0) is 18.4 Å². The van der Waals surface area contributed by atoms with E-state index in [0.717, 1.165) is 24.2 Å². The van der Waals surface area contributed by atoms with Gasteiger partial charge >= 0.3 is 0 Å². The van der Waals surface area contributed by atoms with Crippen LogP contribution in [0, 0.1) is 0 Å². The smallest absolute Gasteiger partial charge is 0.291 e. The van der Waals surface area contributed by atoms with Crippen LogP contribution in [-0.4, -0.2) is 57.3 Å². The van der Waals surface area contributed by atoms with Crippen molar-refractivity contribution in [2.24, 2.45) is 0 Å². The molecule has 2 N–H and O–H groups in total. The summed E-state index contributed by atoms with van der Waals surface area (Å²) in [6, 6.07) is 10.4. The first-order valence-corrected chi connectivity index (χ1v) is 9.40. The van der Waals surface area contributed by atoms with Crippen LogP contribution in [0.15, 0.2) is 49.3 Å². The third kappa shape index (κ3) is 3.40. The molecule has 4 aromatic rings. The fourth-order valence-corrected chi connectivity index (χ4v) is 3.70. The van der Waals surface area contributed by atoms with Crippen molar-refractivity contribution in [1.82, 2.24) is 44.8 Å². The summed E-state index contributed by atoms with van der Waals surface area (Å²) < 4.78 is 1.54. The lowest BCUT2D eigenvalue weighted by Crippen LogP contribution is -2.39. The Kier molecular flexibility index (Phi) is 4.35. The molecule has 0 spiro atoms. The van der Waals surface area contributed by atoms with Crippen molar-refractivity contribution >= 4 is 5.91 Å². The van der Waals surface area contributed by atoms with Gasteiger partial charge in [0.1, 0.15) is 12.7 Å². The summed E-state index contributed by atoms with van der Waals surface area (Å²) in [5, 5.41) is 14.3. The van der Waals surface area contributed by atoms with E-state index in [0.29, 0.717) is 19.0 Å². The number of nitrogens with one attached hydrogen (secondary N) is 2. The Labute approximate surface area is 166 Å². The number of aryl methyl sites for hydroxylation is 1. The second-order valence-corrected chi connectivity index (χ2v) is 7.03. The molecule has 0 saturated carbocycles. The monoisotopic (exact) mass is 389 g/mol. The predicted molar refractivity (Wildman–Crippen MR) is 102 cm³/mol. The molecule has 10 nitrogen and oxygen atoms in total. The van der Waals surface area contributed by atoms with E-state index >= 15 is 0 Å². The minimum Gasteiger partial charge on any atom is -0.347 e. The maximum Gasteiger partial charge on any atom is 0.291 e. The predicted octanol–water partition coefficient (Wildman–Crippen LogP) is 1.48. The normalized spacial score (nSPS) is 16.0. The highest BCUT2D eigenvalue weighted by Gasteiger charge is 2.31. The van der Waals surface area contributed by atoms with Crippen molar-refractivity contribution in [3.63, 3.8) is 0 Å². The second-order valence-electron chi connectivity index (χ2n) is 7.03. The number of imidazole rings is 1. The maximum atomic E-state index is 13.1. The van der Waals surface area contributed by atoms with Crippen LogP contribution in [0.25, 0.3) is 5.95 Å². The lowest BCUT2D eigenvalue weighted by molar-refractivity contribution is 0.0699. The third-order valence-corrected chi connectivity index (χ3v) is 5.17. The van der Waals surface area contributed by atoms with Gasteiger partial charge in [-0.25, -0.2) is 4.98 Å². The van der Waals surface area contributed by atoms with Gasteiger partial charge in [0, 0.05) is 12.5 Å². The molecule has 1 unspecified atom stereocenters. The van der Waals surface area contributed by atoms with E-state index in [4.69, 9.17) is 0 Å². The van der Waals surface area contributed by atoms with Crippen molar-refractivity contribution in [3.8, 4) is 5.95 Å². The molecule has 0 radical (unpaired) electrons. The molecule has 10 heteroatoms. The summed E-state index contributed by atoms with van der Waals surface area (Å²) >= 11 is 0. The number of nitrogens with zero attached hydrogens (tertiary/aromatic N) is 7. The van der Waals surface area contributed by atoms with Crippen LogP contribution in [0.1, 0.15) is 39.9 Å². The van der Waals surface area contributed by atoms with E-state index in [-0.39, 0.29) is 17.6 Å². The van der Waals surface area contributed by atoms with Crippen molar-refractivity contribution in [1.29, 1.82) is 0 Å². The second kappa shape index (κ2) is 7.30. The highest BCUT2D eigenvalue weighted by Crippen LogP contribution is 2.30. The van der Waals surface area contributed by atoms with E-state index in [1.165, 1.54) is 18.2 Å². The van der Waals surface area contributed by atoms with Crippen molar-refractivity contribution < 1.29 is 4.79 Å². The topological polar surface area (TPSA) is 121 Å². The fourth-order valence-electron chi connectivity index (χ4n) is 3.70. The Morgan fingerprint density at radius 3 is 2.83 bits per heavy atom. The molecule has 0 aliphatic carbocycles. The lowest BCUT2D eigenvalue weighted by atomic mass is 9.92. The highest BCUT2D eigenvalue weighted by atomic mass is 16.2. The lowest BCUT2D eigenvalue weighted by Gasteiger charge is -2.31. The largest absolute Gasteiger partial charge is 0.347 e. The number of hydrogen-bond donors (Lipinski definition) is 2. The van der Waals surface area contributed by atoms with Crippen LogP contribution in [0.3, 0.4) is 0 Å². The molecule has 1 amide bonds. The van der Waals surface area contributed by atoms with Crippen molar-refractivity contribution in [2.75, 3.05) is 6.54 Å². The van der Waals surface area contributed by atoms with Gasteiger partial charge in [0.15, 0.2) is 0 Å². The summed E-state index contributed by atoms with van der Waals surface area (Å²) in [7, 11) is 0. The molecule has 1 aliphatic rings. The molecule has 146 valence electrons. The number of amides is 1. The van der Waals surface area contributed by atoms with Crippen LogP contribution in [0.4, 0.5) is 0 Å². The van der Waals surface area contributed by atoms with Gasteiger partial charge in [0.2, 0.25) is 5.82 Å². The van der Waals surface area contributed by atoms with E-state index < -0.39 is 0 Å². The van der Waals surface area contributed by atoms with Gasteiger partial charge < -0.3 is 9.88 Å². The number of rotatable bonds is 5.